The van der Waals surface area contributed by atoms with E-state index in [0.717, 1.165) is 12.8 Å². The van der Waals surface area contributed by atoms with E-state index >= 15 is 0 Å². The summed E-state index contributed by atoms with van der Waals surface area (Å²) in [7, 11) is 2.96. The van der Waals surface area contributed by atoms with Crippen molar-refractivity contribution in [3.05, 3.63) is 75.6 Å². The van der Waals surface area contributed by atoms with E-state index in [1.165, 1.54) is 36.8 Å². The molecule has 1 fully saturated rings. The minimum atomic E-state index is -0.715. The maximum atomic E-state index is 13.5. The van der Waals surface area contributed by atoms with Gasteiger partial charge in [0.15, 0.2) is 5.49 Å². The van der Waals surface area contributed by atoms with Gasteiger partial charge in [-0.1, -0.05) is 6.07 Å². The Kier molecular flexibility index (Phi) is 7.42. The molecule has 0 N–H and O–H groups in total. The Labute approximate surface area is 223 Å². The van der Waals surface area contributed by atoms with Crippen molar-refractivity contribution in [1.29, 1.82) is 0 Å². The molecule has 0 radical (unpaired) electrons. The molecule has 11 heteroatoms. The zero-order valence-corrected chi connectivity index (χ0v) is 21.9. The van der Waals surface area contributed by atoms with Gasteiger partial charge in [-0.25, -0.2) is 9.78 Å². The van der Waals surface area contributed by atoms with Gasteiger partial charge in [0.2, 0.25) is 0 Å². The standard InChI is InChI=1S/C28H28N4O7/c1-4-38-28(35)22-15-21-24(29-23-9-5-6-10-31(23)27(21)34)32(16-18-8-7-11-39-18)25(22)30-26(33)17-12-19(36-2)14-20(13-17)37-3/h5-6,9-10,12-15,18H,4,7-8,11,16H2,1-3H3/t18-/m0/s1. The van der Waals surface area contributed by atoms with Crippen LogP contribution in [0.2, 0.25) is 0 Å². The lowest BCUT2D eigenvalue weighted by Crippen LogP contribution is -2.35. The number of esters is 1. The highest BCUT2D eigenvalue weighted by molar-refractivity contribution is 5.97. The van der Waals surface area contributed by atoms with Crippen molar-refractivity contribution in [2.45, 2.75) is 32.4 Å². The Morgan fingerprint density at radius 2 is 1.90 bits per heavy atom. The Morgan fingerprint density at radius 3 is 2.56 bits per heavy atom. The zero-order chi connectivity index (χ0) is 27.5. The minimum Gasteiger partial charge on any atom is -0.497 e. The summed E-state index contributed by atoms with van der Waals surface area (Å²) in [5.74, 6) is -0.542. The number of amides is 1. The van der Waals surface area contributed by atoms with Crippen molar-refractivity contribution in [3.8, 4) is 11.5 Å². The molecule has 0 unspecified atom stereocenters. The van der Waals surface area contributed by atoms with E-state index in [9.17, 15) is 14.4 Å². The number of aromatic nitrogens is 3. The molecule has 4 heterocycles. The molecule has 0 bridgehead atoms. The monoisotopic (exact) mass is 532 g/mol. The third-order valence-electron chi connectivity index (χ3n) is 6.50. The number of hydrogen-bond donors (Lipinski definition) is 0. The van der Waals surface area contributed by atoms with E-state index in [2.05, 4.69) is 4.99 Å². The smallest absolute Gasteiger partial charge is 0.341 e. The highest BCUT2D eigenvalue weighted by Gasteiger charge is 2.24. The summed E-state index contributed by atoms with van der Waals surface area (Å²) in [6.45, 7) is 2.59. The number of rotatable bonds is 7. The normalized spacial score (nSPS) is 15.6. The van der Waals surface area contributed by atoms with Crippen LogP contribution in [-0.2, 0) is 16.0 Å². The van der Waals surface area contributed by atoms with Gasteiger partial charge in [-0.05, 0) is 50.1 Å². The van der Waals surface area contributed by atoms with Crippen LogP contribution in [0.25, 0.3) is 16.7 Å². The fourth-order valence-corrected chi connectivity index (χ4v) is 4.61. The van der Waals surface area contributed by atoms with Crippen LogP contribution in [-0.4, -0.2) is 59.4 Å². The van der Waals surface area contributed by atoms with E-state index in [4.69, 9.17) is 23.9 Å². The van der Waals surface area contributed by atoms with Crippen molar-refractivity contribution in [1.82, 2.24) is 14.0 Å². The molecular weight excluding hydrogens is 504 g/mol. The summed E-state index contributed by atoms with van der Waals surface area (Å²) >= 11 is 0. The summed E-state index contributed by atoms with van der Waals surface area (Å²) in [5, 5.41) is 0.189. The molecule has 3 aromatic heterocycles. The molecule has 5 rings (SSSR count). The van der Waals surface area contributed by atoms with Crippen molar-refractivity contribution >= 4 is 28.6 Å². The van der Waals surface area contributed by atoms with Crippen molar-refractivity contribution in [2.75, 3.05) is 27.4 Å². The van der Waals surface area contributed by atoms with Crippen LogP contribution in [0.5, 0.6) is 11.5 Å². The van der Waals surface area contributed by atoms with Gasteiger partial charge < -0.3 is 23.5 Å². The number of benzene rings is 1. The lowest BCUT2D eigenvalue weighted by atomic mass is 10.1. The first-order valence-corrected chi connectivity index (χ1v) is 12.6. The van der Waals surface area contributed by atoms with Gasteiger partial charge in [-0.15, -0.1) is 0 Å². The van der Waals surface area contributed by atoms with E-state index in [0.29, 0.717) is 23.8 Å². The predicted octanol–water partition coefficient (Wildman–Crippen LogP) is 2.76. The molecule has 4 aromatic rings. The maximum absolute atomic E-state index is 13.5. The number of hydrogen-bond acceptors (Lipinski definition) is 8. The quantitative estimate of drug-likeness (QED) is 0.263. The average molecular weight is 533 g/mol. The predicted molar refractivity (Wildman–Crippen MR) is 141 cm³/mol. The van der Waals surface area contributed by atoms with Gasteiger partial charge in [-0.3, -0.25) is 14.0 Å². The van der Waals surface area contributed by atoms with Crippen LogP contribution < -0.4 is 20.5 Å². The number of ether oxygens (including phenoxy) is 4. The zero-order valence-electron chi connectivity index (χ0n) is 21.9. The Hall–Kier alpha value is -4.51. The van der Waals surface area contributed by atoms with E-state index < -0.39 is 11.9 Å². The van der Waals surface area contributed by atoms with E-state index in [1.807, 2.05) is 0 Å². The number of carbonyl (C=O) groups excluding carboxylic acids is 2. The summed E-state index contributed by atoms with van der Waals surface area (Å²) in [6, 6.07) is 11.3. The average Bonchev–Trinajstić information content (AvgIpc) is 3.47. The molecule has 1 amide bonds. The van der Waals surface area contributed by atoms with Crippen molar-refractivity contribution in [2.24, 2.45) is 4.99 Å². The molecule has 1 atom stereocenters. The van der Waals surface area contributed by atoms with Gasteiger partial charge in [0, 0.05) is 24.4 Å². The van der Waals surface area contributed by atoms with Crippen LogP contribution in [0.4, 0.5) is 0 Å². The van der Waals surface area contributed by atoms with Crippen LogP contribution in [0.1, 0.15) is 40.5 Å². The molecule has 1 saturated heterocycles. The second-order valence-corrected chi connectivity index (χ2v) is 8.95. The van der Waals surface area contributed by atoms with Crippen LogP contribution in [0.3, 0.4) is 0 Å². The molecule has 0 saturated carbocycles. The lowest BCUT2D eigenvalue weighted by molar-refractivity contribution is 0.0521. The minimum absolute atomic E-state index is 0.0235. The van der Waals surface area contributed by atoms with E-state index in [-0.39, 0.29) is 52.5 Å². The molecule has 202 valence electrons. The first kappa shape index (κ1) is 26.1. The second-order valence-electron chi connectivity index (χ2n) is 8.95. The molecule has 1 aromatic carbocycles. The van der Waals surface area contributed by atoms with Crippen LogP contribution in [0, 0.1) is 0 Å². The lowest BCUT2D eigenvalue weighted by Gasteiger charge is -2.18. The molecule has 0 aliphatic carbocycles. The summed E-state index contributed by atoms with van der Waals surface area (Å²) in [6.07, 6.45) is 3.03. The number of carbonyl (C=O) groups is 2. The molecule has 1 aliphatic rings. The van der Waals surface area contributed by atoms with Gasteiger partial charge in [0.25, 0.3) is 11.5 Å². The Bertz CT molecular complexity index is 1680. The highest BCUT2D eigenvalue weighted by atomic mass is 16.5. The maximum Gasteiger partial charge on any atom is 0.341 e. The molecule has 39 heavy (non-hydrogen) atoms. The van der Waals surface area contributed by atoms with Gasteiger partial charge in [0.05, 0.1) is 38.9 Å². The molecule has 1 aliphatic heterocycles. The first-order valence-electron chi connectivity index (χ1n) is 12.6. The van der Waals surface area contributed by atoms with Gasteiger partial charge in [0.1, 0.15) is 28.4 Å². The Morgan fingerprint density at radius 1 is 1.13 bits per heavy atom. The number of methoxy groups -OCH3 is 2. The SMILES string of the molecule is CCOC(=O)c1cc2c(=O)n3ccccc3nc2n(C[C@@H]2CCCO2)c1=NC(=O)c1cc(OC)cc(OC)c1. The summed E-state index contributed by atoms with van der Waals surface area (Å²) in [4.78, 5) is 49.3. The largest absolute Gasteiger partial charge is 0.497 e. The van der Waals surface area contributed by atoms with Crippen LogP contribution >= 0.6 is 0 Å². The fraction of sp³-hybridized carbons (Fsp3) is 0.321. The van der Waals surface area contributed by atoms with Gasteiger partial charge in [-0.2, -0.15) is 4.99 Å². The third kappa shape index (κ3) is 5.13. The number of fused-ring (bicyclic) bond motifs is 2. The fourth-order valence-electron chi connectivity index (χ4n) is 4.61. The number of nitrogens with zero attached hydrogens (tertiary/aromatic N) is 4. The highest BCUT2D eigenvalue weighted by Crippen LogP contribution is 2.23. The molecule has 11 nitrogen and oxygen atoms in total. The summed E-state index contributed by atoms with van der Waals surface area (Å²) in [5.41, 5.74) is 0.518. The molecular formula is C28H28N4O7. The first-order chi connectivity index (χ1) is 18.9. The Balaban J connectivity index is 1.84. The van der Waals surface area contributed by atoms with E-state index in [1.54, 1.807) is 42.0 Å². The van der Waals surface area contributed by atoms with Gasteiger partial charge >= 0.3 is 5.97 Å². The third-order valence-corrected chi connectivity index (χ3v) is 6.50. The van der Waals surface area contributed by atoms with Crippen molar-refractivity contribution in [3.63, 3.8) is 0 Å². The van der Waals surface area contributed by atoms with Crippen molar-refractivity contribution < 1.29 is 28.5 Å². The second kappa shape index (κ2) is 11.1. The number of pyridine rings is 2. The molecule has 0 spiro atoms. The summed E-state index contributed by atoms with van der Waals surface area (Å²) < 4.78 is 24.8. The van der Waals surface area contributed by atoms with Crippen LogP contribution in [0.15, 0.2) is 58.4 Å². The topological polar surface area (TPSA) is 123 Å².